The van der Waals surface area contributed by atoms with Gasteiger partial charge in [0.1, 0.15) is 0 Å². The number of nitrogens with zero attached hydrogens (tertiary/aromatic N) is 1. The molecule has 1 amide bonds. The summed E-state index contributed by atoms with van der Waals surface area (Å²) in [6.45, 7) is 7.05. The molecule has 1 fully saturated rings. The van der Waals surface area contributed by atoms with Crippen LogP contribution in [0.1, 0.15) is 38.7 Å². The molecule has 0 aromatic heterocycles. The topological polar surface area (TPSA) is 32.3 Å². The summed E-state index contributed by atoms with van der Waals surface area (Å²) >= 11 is 1.89. The van der Waals surface area contributed by atoms with Crippen molar-refractivity contribution in [2.24, 2.45) is 0 Å². The lowest BCUT2D eigenvalue weighted by Gasteiger charge is -2.34. The Balaban J connectivity index is 1.84. The number of piperidine rings is 1. The Hall–Kier alpha value is -1.00. The minimum atomic E-state index is 0.0398. The molecule has 0 saturated carbocycles. The van der Waals surface area contributed by atoms with Gasteiger partial charge in [0.2, 0.25) is 5.91 Å². The molecule has 1 aromatic carbocycles. The van der Waals surface area contributed by atoms with Gasteiger partial charge in [0.25, 0.3) is 0 Å². The van der Waals surface area contributed by atoms with Crippen LogP contribution in [-0.4, -0.2) is 40.9 Å². The molecule has 1 N–H and O–H groups in total. The number of rotatable bonds is 7. The van der Waals surface area contributed by atoms with Crippen molar-refractivity contribution in [2.75, 3.05) is 18.8 Å². The normalized spacial score (nSPS) is 19.3. The van der Waals surface area contributed by atoms with Crippen molar-refractivity contribution in [3.63, 3.8) is 0 Å². The first-order chi connectivity index (χ1) is 10.7. The van der Waals surface area contributed by atoms with E-state index < -0.39 is 0 Å². The molecule has 0 radical (unpaired) electrons. The Labute approximate surface area is 138 Å². The molecule has 4 heteroatoms. The zero-order chi connectivity index (χ0) is 15.8. The molecule has 0 spiro atoms. The molecule has 122 valence electrons. The number of carbonyl (C=O) groups excluding carboxylic acids is 1. The van der Waals surface area contributed by atoms with Gasteiger partial charge in [-0.05, 0) is 30.2 Å². The van der Waals surface area contributed by atoms with E-state index in [-0.39, 0.29) is 11.9 Å². The summed E-state index contributed by atoms with van der Waals surface area (Å²) in [4.78, 5) is 14.8. The molecule has 1 heterocycles. The highest BCUT2D eigenvalue weighted by Gasteiger charge is 2.28. The van der Waals surface area contributed by atoms with Crippen LogP contribution in [0.2, 0.25) is 0 Å². The number of amides is 1. The van der Waals surface area contributed by atoms with E-state index in [1.165, 1.54) is 12.0 Å². The Morgan fingerprint density at radius 2 is 2.09 bits per heavy atom. The summed E-state index contributed by atoms with van der Waals surface area (Å²) in [5.41, 5.74) is 1.29. The van der Waals surface area contributed by atoms with Crippen molar-refractivity contribution in [3.8, 4) is 0 Å². The van der Waals surface area contributed by atoms with E-state index >= 15 is 0 Å². The summed E-state index contributed by atoms with van der Waals surface area (Å²) < 4.78 is 0. The van der Waals surface area contributed by atoms with Crippen molar-refractivity contribution in [2.45, 2.75) is 50.9 Å². The molecule has 0 unspecified atom stereocenters. The fraction of sp³-hybridized carbons (Fsp3) is 0.611. The lowest BCUT2D eigenvalue weighted by molar-refractivity contribution is -0.127. The Morgan fingerprint density at radius 3 is 2.82 bits per heavy atom. The summed E-state index contributed by atoms with van der Waals surface area (Å²) in [6, 6.07) is 10.5. The Morgan fingerprint density at radius 1 is 1.32 bits per heavy atom. The third-order valence-electron chi connectivity index (χ3n) is 4.00. The molecular weight excluding hydrogens is 292 g/mol. The fourth-order valence-electron chi connectivity index (χ4n) is 2.88. The van der Waals surface area contributed by atoms with Gasteiger partial charge in [-0.1, -0.05) is 50.6 Å². The second kappa shape index (κ2) is 9.21. The molecular formula is C18H28N2OS. The monoisotopic (exact) mass is 320 g/mol. The third kappa shape index (κ3) is 5.65. The maximum absolute atomic E-state index is 12.5. The van der Waals surface area contributed by atoms with Crippen molar-refractivity contribution in [3.05, 3.63) is 35.9 Å². The summed E-state index contributed by atoms with van der Waals surface area (Å²) in [5.74, 6) is 1.20. The molecule has 1 aromatic rings. The lowest BCUT2D eigenvalue weighted by atomic mass is 10.0. The van der Waals surface area contributed by atoms with E-state index in [0.29, 0.717) is 5.25 Å². The Bertz CT molecular complexity index is 450. The molecule has 2 rings (SSSR count). The Kier molecular flexibility index (Phi) is 7.26. The minimum absolute atomic E-state index is 0.0398. The van der Waals surface area contributed by atoms with Gasteiger partial charge < -0.3 is 5.32 Å². The van der Waals surface area contributed by atoms with Crippen LogP contribution >= 0.6 is 11.8 Å². The number of hydrogen-bond donors (Lipinski definition) is 1. The molecule has 1 saturated heterocycles. The minimum Gasteiger partial charge on any atom is -0.354 e. The number of nitrogens with one attached hydrogen (secondary N) is 1. The smallest absolute Gasteiger partial charge is 0.237 e. The van der Waals surface area contributed by atoms with Gasteiger partial charge in [-0.25, -0.2) is 0 Å². The molecule has 22 heavy (non-hydrogen) atoms. The maximum Gasteiger partial charge on any atom is 0.237 e. The van der Waals surface area contributed by atoms with Crippen LogP contribution in [0.3, 0.4) is 0 Å². The predicted molar refractivity (Wildman–Crippen MR) is 95.1 cm³/mol. The number of hydrogen-bond acceptors (Lipinski definition) is 3. The summed E-state index contributed by atoms with van der Waals surface area (Å²) in [7, 11) is 0. The van der Waals surface area contributed by atoms with Gasteiger partial charge in [-0.3, -0.25) is 9.69 Å². The van der Waals surface area contributed by atoms with Crippen LogP contribution in [0.5, 0.6) is 0 Å². The summed E-state index contributed by atoms with van der Waals surface area (Å²) in [6.07, 6.45) is 3.33. The first-order valence-electron chi connectivity index (χ1n) is 8.34. The average Bonchev–Trinajstić information content (AvgIpc) is 2.53. The molecule has 0 bridgehead atoms. The van der Waals surface area contributed by atoms with E-state index in [9.17, 15) is 4.79 Å². The number of benzene rings is 1. The van der Waals surface area contributed by atoms with Gasteiger partial charge in [0, 0.05) is 18.8 Å². The first kappa shape index (κ1) is 17.4. The highest BCUT2D eigenvalue weighted by atomic mass is 32.2. The second-order valence-corrected chi connectivity index (χ2v) is 7.86. The first-order valence-corrected chi connectivity index (χ1v) is 9.39. The number of likely N-dealkylation sites (tertiary alicyclic amines) is 1. The van der Waals surface area contributed by atoms with Gasteiger partial charge in [0.05, 0.1) is 6.04 Å². The summed E-state index contributed by atoms with van der Waals surface area (Å²) in [5, 5.41) is 3.75. The van der Waals surface area contributed by atoms with Crippen LogP contribution in [0.4, 0.5) is 0 Å². The average molecular weight is 321 g/mol. The van der Waals surface area contributed by atoms with Crippen molar-refractivity contribution >= 4 is 17.7 Å². The number of thioether (sulfide) groups is 1. The zero-order valence-corrected chi connectivity index (χ0v) is 14.6. The highest BCUT2D eigenvalue weighted by Crippen LogP contribution is 2.20. The van der Waals surface area contributed by atoms with Crippen LogP contribution in [-0.2, 0) is 11.3 Å². The SMILES string of the molecule is CC(C)SCCNC(=O)[C@H]1CCCCN1Cc1ccccc1. The van der Waals surface area contributed by atoms with E-state index in [0.717, 1.165) is 38.2 Å². The lowest BCUT2D eigenvalue weighted by Crippen LogP contribution is -2.49. The van der Waals surface area contributed by atoms with Crippen LogP contribution in [0.15, 0.2) is 30.3 Å². The van der Waals surface area contributed by atoms with Crippen molar-refractivity contribution in [1.82, 2.24) is 10.2 Å². The van der Waals surface area contributed by atoms with E-state index in [1.807, 2.05) is 17.8 Å². The fourth-order valence-corrected chi connectivity index (χ4v) is 3.57. The van der Waals surface area contributed by atoms with Crippen LogP contribution in [0, 0.1) is 0 Å². The third-order valence-corrected chi connectivity index (χ3v) is 5.10. The van der Waals surface area contributed by atoms with E-state index in [4.69, 9.17) is 0 Å². The largest absolute Gasteiger partial charge is 0.354 e. The predicted octanol–water partition coefficient (Wildman–Crippen LogP) is 3.30. The van der Waals surface area contributed by atoms with Crippen molar-refractivity contribution < 1.29 is 4.79 Å². The van der Waals surface area contributed by atoms with Gasteiger partial charge >= 0.3 is 0 Å². The second-order valence-electron chi connectivity index (χ2n) is 6.18. The standard InChI is InChI=1S/C18H28N2OS/c1-15(2)22-13-11-19-18(21)17-10-6-7-12-20(17)14-16-8-4-3-5-9-16/h3-5,8-9,15,17H,6-7,10-14H2,1-2H3,(H,19,21)/t17-/m1/s1. The van der Waals surface area contributed by atoms with Gasteiger partial charge in [-0.15, -0.1) is 0 Å². The quantitative estimate of drug-likeness (QED) is 0.782. The van der Waals surface area contributed by atoms with Gasteiger partial charge in [0.15, 0.2) is 0 Å². The van der Waals surface area contributed by atoms with Crippen LogP contribution < -0.4 is 5.32 Å². The molecule has 3 nitrogen and oxygen atoms in total. The van der Waals surface area contributed by atoms with Crippen LogP contribution in [0.25, 0.3) is 0 Å². The molecule has 1 atom stereocenters. The van der Waals surface area contributed by atoms with E-state index in [2.05, 4.69) is 48.3 Å². The maximum atomic E-state index is 12.5. The zero-order valence-electron chi connectivity index (χ0n) is 13.8. The molecule has 1 aliphatic heterocycles. The van der Waals surface area contributed by atoms with Crippen molar-refractivity contribution in [1.29, 1.82) is 0 Å². The number of carbonyl (C=O) groups is 1. The van der Waals surface area contributed by atoms with Gasteiger partial charge in [-0.2, -0.15) is 11.8 Å². The molecule has 1 aliphatic rings. The highest BCUT2D eigenvalue weighted by molar-refractivity contribution is 7.99. The molecule has 0 aliphatic carbocycles. The van der Waals surface area contributed by atoms with E-state index in [1.54, 1.807) is 0 Å².